The molecule has 1 aromatic rings. The number of amides is 1. The summed E-state index contributed by atoms with van der Waals surface area (Å²) >= 11 is 0. The summed E-state index contributed by atoms with van der Waals surface area (Å²) in [5.74, 6) is 0.0719. The number of hydrogen-bond acceptors (Lipinski definition) is 4. The largest absolute Gasteiger partial charge is 0.346 e. The van der Waals surface area contributed by atoms with E-state index >= 15 is 0 Å². The highest BCUT2D eigenvalue weighted by Gasteiger charge is 2.27. The molecule has 1 fully saturated rings. The maximum atomic E-state index is 12.6. The van der Waals surface area contributed by atoms with Gasteiger partial charge in [-0.3, -0.25) is 4.79 Å². The zero-order valence-electron chi connectivity index (χ0n) is 16.3. The van der Waals surface area contributed by atoms with Crippen LogP contribution in [0.25, 0.3) is 0 Å². The molecule has 0 heterocycles. The van der Waals surface area contributed by atoms with Gasteiger partial charge in [-0.15, -0.1) is 12.4 Å². The Balaban J connectivity index is 0.00000364. The molecule has 6 nitrogen and oxygen atoms in total. The fourth-order valence-electron chi connectivity index (χ4n) is 3.57. The normalized spacial score (nSPS) is 17.4. The van der Waals surface area contributed by atoms with Crippen molar-refractivity contribution in [2.45, 2.75) is 69.4 Å². The van der Waals surface area contributed by atoms with Gasteiger partial charge >= 0.3 is 0 Å². The van der Waals surface area contributed by atoms with E-state index in [2.05, 4.69) is 23.9 Å². The minimum Gasteiger partial charge on any atom is -0.346 e. The lowest BCUT2D eigenvalue weighted by atomic mass is 9.90. The molecule has 1 amide bonds. The smallest absolute Gasteiger partial charge is 0.251 e. The molecule has 154 valence electrons. The van der Waals surface area contributed by atoms with Gasteiger partial charge in [-0.25, -0.2) is 13.1 Å². The van der Waals surface area contributed by atoms with Crippen molar-refractivity contribution in [3.63, 3.8) is 0 Å². The zero-order chi connectivity index (χ0) is 19.4. The predicted molar refractivity (Wildman–Crippen MR) is 111 cm³/mol. The van der Waals surface area contributed by atoms with Gasteiger partial charge in [0.05, 0.1) is 4.90 Å². The van der Waals surface area contributed by atoms with Gasteiger partial charge in [-0.2, -0.15) is 0 Å². The number of benzene rings is 1. The maximum absolute atomic E-state index is 12.6. The van der Waals surface area contributed by atoms with Crippen LogP contribution in [0.1, 0.15) is 63.2 Å². The third-order valence-electron chi connectivity index (χ3n) is 4.81. The van der Waals surface area contributed by atoms with E-state index in [1.807, 2.05) is 6.92 Å². The highest BCUT2D eigenvalue weighted by Crippen LogP contribution is 2.21. The molecule has 0 bridgehead atoms. The molecule has 0 aliphatic heterocycles. The number of sulfonamides is 1. The topological polar surface area (TPSA) is 101 Å². The fraction of sp³-hybridized carbons (Fsp3) is 0.632. The molecular formula is C19H32ClN3O3S. The summed E-state index contributed by atoms with van der Waals surface area (Å²) in [6.45, 7) is 6.37. The first-order valence-electron chi connectivity index (χ1n) is 9.30. The van der Waals surface area contributed by atoms with E-state index in [9.17, 15) is 13.2 Å². The predicted octanol–water partition coefficient (Wildman–Crippen LogP) is 2.82. The number of rotatable bonds is 8. The minimum atomic E-state index is -3.62. The second-order valence-electron chi connectivity index (χ2n) is 7.95. The van der Waals surface area contributed by atoms with Crippen LogP contribution < -0.4 is 15.8 Å². The molecule has 4 N–H and O–H groups in total. The maximum Gasteiger partial charge on any atom is 0.251 e. The van der Waals surface area contributed by atoms with Crippen molar-refractivity contribution in [3.8, 4) is 0 Å². The molecule has 2 rings (SSSR count). The van der Waals surface area contributed by atoms with Gasteiger partial charge in [0.1, 0.15) is 0 Å². The number of carbonyl (C=O) groups excluding carboxylic acids is 1. The van der Waals surface area contributed by atoms with E-state index in [1.54, 1.807) is 12.1 Å². The van der Waals surface area contributed by atoms with Gasteiger partial charge in [0.15, 0.2) is 0 Å². The Hall–Kier alpha value is -1.15. The lowest BCUT2D eigenvalue weighted by Crippen LogP contribution is -2.52. The summed E-state index contributed by atoms with van der Waals surface area (Å²) in [5, 5.41) is 2.96. The molecule has 0 aromatic heterocycles. The van der Waals surface area contributed by atoms with E-state index in [0.29, 0.717) is 18.0 Å². The van der Waals surface area contributed by atoms with Gasteiger partial charge in [0.2, 0.25) is 10.0 Å². The summed E-state index contributed by atoms with van der Waals surface area (Å²) in [4.78, 5) is 12.8. The Bertz CT molecular complexity index is 733. The molecule has 1 atom stereocenters. The van der Waals surface area contributed by atoms with Crippen LogP contribution in [-0.2, 0) is 10.0 Å². The van der Waals surface area contributed by atoms with Crippen molar-refractivity contribution in [1.82, 2.24) is 10.0 Å². The van der Waals surface area contributed by atoms with Gasteiger partial charge < -0.3 is 11.1 Å². The summed E-state index contributed by atoms with van der Waals surface area (Å²) in [6.07, 6.45) is 4.57. The number of halogens is 1. The van der Waals surface area contributed by atoms with Gasteiger partial charge in [-0.05, 0) is 50.3 Å². The molecule has 1 aliphatic rings. The lowest BCUT2D eigenvalue weighted by Gasteiger charge is -2.31. The first kappa shape index (κ1) is 23.9. The molecule has 8 heteroatoms. The average molecular weight is 418 g/mol. The molecule has 0 radical (unpaired) electrons. The summed E-state index contributed by atoms with van der Waals surface area (Å²) in [5.41, 5.74) is 5.65. The Kier molecular flexibility index (Phi) is 8.73. The highest BCUT2D eigenvalue weighted by molar-refractivity contribution is 7.89. The van der Waals surface area contributed by atoms with E-state index in [-0.39, 0.29) is 29.3 Å². The molecular weight excluding hydrogens is 386 g/mol. The van der Waals surface area contributed by atoms with Crippen molar-refractivity contribution >= 4 is 28.3 Å². The summed E-state index contributed by atoms with van der Waals surface area (Å²) in [7, 11) is -3.62. The second-order valence-corrected chi connectivity index (χ2v) is 9.66. The van der Waals surface area contributed by atoms with Crippen molar-refractivity contribution < 1.29 is 13.2 Å². The average Bonchev–Trinajstić information content (AvgIpc) is 3.06. The van der Waals surface area contributed by atoms with E-state index in [0.717, 1.165) is 32.1 Å². The Labute approximate surface area is 169 Å². The fourth-order valence-corrected chi connectivity index (χ4v) is 4.92. The monoisotopic (exact) mass is 417 g/mol. The molecule has 1 aromatic carbocycles. The van der Waals surface area contributed by atoms with Crippen LogP contribution in [0.5, 0.6) is 0 Å². The molecule has 1 unspecified atom stereocenters. The minimum absolute atomic E-state index is 0. The van der Waals surface area contributed by atoms with Crippen LogP contribution in [0.2, 0.25) is 0 Å². The molecule has 0 saturated heterocycles. The van der Waals surface area contributed by atoms with Crippen LogP contribution >= 0.6 is 12.4 Å². The van der Waals surface area contributed by atoms with Crippen molar-refractivity contribution in [1.29, 1.82) is 0 Å². The third kappa shape index (κ3) is 6.75. The van der Waals surface area contributed by atoms with Crippen LogP contribution in [0, 0.1) is 5.92 Å². The standard InChI is InChI=1S/C19H31N3O3S.ClH/c1-14(2)12-19(3,13-20)21-18(23)15-7-6-10-17(11-15)26(24,25)22-16-8-4-5-9-16;/h6-7,10-11,14,16,22H,4-5,8-9,12-13,20H2,1-3H3,(H,21,23);1H. The quantitative estimate of drug-likeness (QED) is 0.605. The first-order chi connectivity index (χ1) is 12.1. The Morgan fingerprint density at radius 1 is 1.30 bits per heavy atom. The van der Waals surface area contributed by atoms with Crippen LogP contribution in [-0.4, -0.2) is 32.5 Å². The summed E-state index contributed by atoms with van der Waals surface area (Å²) in [6, 6.07) is 6.16. The third-order valence-corrected chi connectivity index (χ3v) is 6.33. The van der Waals surface area contributed by atoms with Crippen molar-refractivity contribution in [2.75, 3.05) is 6.54 Å². The molecule has 1 saturated carbocycles. The SMILES string of the molecule is CC(C)CC(C)(CN)NC(=O)c1cccc(S(=O)(=O)NC2CCCC2)c1.Cl. The summed E-state index contributed by atoms with van der Waals surface area (Å²) < 4.78 is 27.9. The second kappa shape index (κ2) is 9.87. The van der Waals surface area contributed by atoms with E-state index in [1.165, 1.54) is 12.1 Å². The molecule has 1 aliphatic carbocycles. The highest BCUT2D eigenvalue weighted by atomic mass is 35.5. The lowest BCUT2D eigenvalue weighted by molar-refractivity contribution is 0.0898. The number of nitrogens with two attached hydrogens (primary N) is 1. The van der Waals surface area contributed by atoms with Gasteiger partial charge in [0.25, 0.3) is 5.91 Å². The van der Waals surface area contributed by atoms with Gasteiger partial charge in [-0.1, -0.05) is 32.8 Å². The Morgan fingerprint density at radius 3 is 2.48 bits per heavy atom. The first-order valence-corrected chi connectivity index (χ1v) is 10.8. The van der Waals surface area contributed by atoms with Crippen molar-refractivity contribution in [2.24, 2.45) is 11.7 Å². The zero-order valence-corrected chi connectivity index (χ0v) is 18.0. The number of hydrogen-bond donors (Lipinski definition) is 3. The molecule has 0 spiro atoms. The van der Waals surface area contributed by atoms with E-state index in [4.69, 9.17) is 5.73 Å². The van der Waals surface area contributed by atoms with Crippen LogP contribution in [0.4, 0.5) is 0 Å². The number of nitrogens with one attached hydrogen (secondary N) is 2. The number of carbonyl (C=O) groups is 1. The van der Waals surface area contributed by atoms with E-state index < -0.39 is 15.6 Å². The van der Waals surface area contributed by atoms with Crippen molar-refractivity contribution in [3.05, 3.63) is 29.8 Å². The van der Waals surface area contributed by atoms with Crippen LogP contribution in [0.3, 0.4) is 0 Å². The molecule has 27 heavy (non-hydrogen) atoms. The van der Waals surface area contributed by atoms with Gasteiger partial charge in [0, 0.05) is 23.7 Å². The van der Waals surface area contributed by atoms with Crippen LogP contribution in [0.15, 0.2) is 29.2 Å². The Morgan fingerprint density at radius 2 is 1.93 bits per heavy atom.